The van der Waals surface area contributed by atoms with Gasteiger partial charge >= 0.3 is 6.36 Å². The van der Waals surface area contributed by atoms with E-state index in [1.54, 1.807) is 12.1 Å². The van der Waals surface area contributed by atoms with Gasteiger partial charge in [0.15, 0.2) is 0 Å². The van der Waals surface area contributed by atoms with Gasteiger partial charge in [-0.05, 0) is 31.5 Å². The van der Waals surface area contributed by atoms with E-state index in [-0.39, 0.29) is 17.1 Å². The molecule has 1 fully saturated rings. The summed E-state index contributed by atoms with van der Waals surface area (Å²) in [4.78, 5) is -0.467. The molecule has 2 rings (SSSR count). The van der Waals surface area contributed by atoms with Crippen molar-refractivity contribution in [1.29, 1.82) is 0 Å². The van der Waals surface area contributed by atoms with Gasteiger partial charge in [-0.3, -0.25) is 0 Å². The van der Waals surface area contributed by atoms with Crippen LogP contribution in [0.3, 0.4) is 0 Å². The number of allylic oxidation sites excluding steroid dienone is 1. The molecule has 1 nitrogen and oxygen atoms in total. The summed E-state index contributed by atoms with van der Waals surface area (Å²) in [7, 11) is 0. The van der Waals surface area contributed by atoms with Crippen LogP contribution in [0.4, 0.5) is 13.2 Å². The first-order valence-electron chi connectivity index (χ1n) is 6.21. The topological polar surface area (TPSA) is 9.23 Å². The Balaban J connectivity index is 2.26. The molecule has 0 heterocycles. The smallest absolute Gasteiger partial charge is 0.406 e. The Morgan fingerprint density at radius 3 is 2.10 bits per heavy atom. The Morgan fingerprint density at radius 2 is 1.75 bits per heavy atom. The lowest BCUT2D eigenvalue weighted by atomic mass is 9.92. The normalized spacial score (nSPS) is 32.9. The van der Waals surface area contributed by atoms with Gasteiger partial charge in [0.2, 0.25) is 0 Å². The van der Waals surface area contributed by atoms with Crippen LogP contribution in [0.5, 0.6) is 5.75 Å². The van der Waals surface area contributed by atoms with Gasteiger partial charge in [-0.2, -0.15) is 0 Å². The van der Waals surface area contributed by atoms with Crippen molar-refractivity contribution in [3.63, 3.8) is 0 Å². The summed E-state index contributed by atoms with van der Waals surface area (Å²) in [6, 6.07) is 5.89. The maximum atomic E-state index is 12.1. The maximum Gasteiger partial charge on any atom is 0.573 e. The van der Waals surface area contributed by atoms with E-state index in [0.717, 1.165) is 11.1 Å². The molecule has 0 spiro atoms. The Morgan fingerprint density at radius 1 is 1.25 bits per heavy atom. The first-order chi connectivity index (χ1) is 9.00. The zero-order valence-electron chi connectivity index (χ0n) is 11.5. The number of ether oxygens (including phenoxy) is 1. The van der Waals surface area contributed by atoms with E-state index in [1.807, 2.05) is 20.8 Å². The Bertz CT molecular complexity index is 533. The minimum absolute atomic E-state index is 0.103. The number of benzene rings is 1. The van der Waals surface area contributed by atoms with Gasteiger partial charge in [-0.25, -0.2) is 0 Å². The molecule has 110 valence electrons. The summed E-state index contributed by atoms with van der Waals surface area (Å²) in [6.07, 6.45) is -4.67. The fourth-order valence-electron chi connectivity index (χ4n) is 3.16. The van der Waals surface area contributed by atoms with Gasteiger partial charge in [-0.1, -0.05) is 31.2 Å². The molecule has 1 aromatic rings. The van der Waals surface area contributed by atoms with Crippen molar-refractivity contribution in [2.75, 3.05) is 0 Å². The molecule has 3 atom stereocenters. The van der Waals surface area contributed by atoms with Crippen molar-refractivity contribution in [1.82, 2.24) is 0 Å². The van der Waals surface area contributed by atoms with Crippen LogP contribution in [0.25, 0.3) is 0 Å². The second-order valence-electron chi connectivity index (χ2n) is 5.63. The van der Waals surface area contributed by atoms with E-state index >= 15 is 0 Å². The number of halogens is 4. The average molecular weight is 305 g/mol. The summed E-state index contributed by atoms with van der Waals surface area (Å²) in [5.41, 5.74) is 1.54. The van der Waals surface area contributed by atoms with Crippen molar-refractivity contribution in [3.8, 4) is 5.75 Å². The van der Waals surface area contributed by atoms with E-state index in [2.05, 4.69) is 11.3 Å². The quantitative estimate of drug-likeness (QED) is 0.561. The zero-order valence-corrected chi connectivity index (χ0v) is 12.3. The Labute approximate surface area is 121 Å². The molecule has 20 heavy (non-hydrogen) atoms. The van der Waals surface area contributed by atoms with E-state index in [9.17, 15) is 13.2 Å². The van der Waals surface area contributed by atoms with Gasteiger partial charge in [-0.15, -0.1) is 24.8 Å². The van der Waals surface area contributed by atoms with E-state index in [0.29, 0.717) is 0 Å². The molecular weight excluding hydrogens is 289 g/mol. The highest BCUT2D eigenvalue weighted by Gasteiger charge is 2.71. The molecule has 0 bridgehead atoms. The molecule has 0 aromatic heterocycles. The molecule has 5 heteroatoms. The Kier molecular flexibility index (Phi) is 3.36. The largest absolute Gasteiger partial charge is 0.573 e. The van der Waals surface area contributed by atoms with Crippen molar-refractivity contribution >= 4 is 11.6 Å². The lowest BCUT2D eigenvalue weighted by Crippen LogP contribution is -2.17. The summed E-state index contributed by atoms with van der Waals surface area (Å²) in [5.74, 6) is -0.125. The third kappa shape index (κ3) is 2.30. The predicted octanol–water partition coefficient (Wildman–Crippen LogP) is 5.05. The zero-order chi connectivity index (χ0) is 15.3. The fourth-order valence-corrected chi connectivity index (χ4v) is 3.73. The van der Waals surface area contributed by atoms with Gasteiger partial charge in [0.05, 0.1) is 4.87 Å². The third-order valence-corrected chi connectivity index (χ3v) is 4.84. The summed E-state index contributed by atoms with van der Waals surface area (Å²) in [6.45, 7) is 9.78. The van der Waals surface area contributed by atoms with Crippen LogP contribution in [-0.2, 0) is 5.41 Å². The van der Waals surface area contributed by atoms with Crippen LogP contribution in [0.1, 0.15) is 26.3 Å². The second-order valence-corrected chi connectivity index (χ2v) is 6.41. The molecular formula is C15H16ClF3O. The number of hydrogen-bond acceptors (Lipinski definition) is 1. The number of hydrogen-bond donors (Lipinski definition) is 0. The highest BCUT2D eigenvalue weighted by atomic mass is 35.5. The van der Waals surface area contributed by atoms with Crippen LogP contribution in [-0.4, -0.2) is 11.2 Å². The van der Waals surface area contributed by atoms with Crippen molar-refractivity contribution < 1.29 is 17.9 Å². The maximum absolute atomic E-state index is 12.1. The van der Waals surface area contributed by atoms with Crippen molar-refractivity contribution in [2.24, 2.45) is 5.92 Å². The predicted molar refractivity (Wildman–Crippen MR) is 73.0 cm³/mol. The van der Waals surface area contributed by atoms with Gasteiger partial charge in [0.25, 0.3) is 0 Å². The summed E-state index contributed by atoms with van der Waals surface area (Å²) >= 11 is 6.52. The van der Waals surface area contributed by atoms with E-state index in [4.69, 9.17) is 11.6 Å². The Hall–Kier alpha value is -1.16. The minimum atomic E-state index is -4.67. The fraction of sp³-hybridized carbons (Fsp3) is 0.467. The average Bonchev–Trinajstić information content (AvgIpc) is 2.72. The summed E-state index contributed by atoms with van der Waals surface area (Å²) in [5, 5.41) is 0. The molecule has 0 radical (unpaired) electrons. The van der Waals surface area contributed by atoms with Crippen LogP contribution in [0, 0.1) is 5.92 Å². The lowest BCUT2D eigenvalue weighted by molar-refractivity contribution is -0.274. The lowest BCUT2D eigenvalue weighted by Gasteiger charge is -2.15. The number of rotatable bonds is 3. The van der Waals surface area contributed by atoms with E-state index in [1.165, 1.54) is 12.1 Å². The van der Waals surface area contributed by atoms with E-state index < -0.39 is 11.2 Å². The molecule has 0 saturated heterocycles. The third-order valence-electron chi connectivity index (χ3n) is 4.23. The van der Waals surface area contributed by atoms with Gasteiger partial charge < -0.3 is 4.74 Å². The SMILES string of the molecule is C=C(C)C1C(C)(Cl)C1(C)c1ccc(OC(F)(F)F)cc1. The summed E-state index contributed by atoms with van der Waals surface area (Å²) < 4.78 is 40.2. The first kappa shape index (κ1) is 15.2. The highest BCUT2D eigenvalue weighted by molar-refractivity contribution is 6.28. The first-order valence-corrected chi connectivity index (χ1v) is 6.58. The molecule has 1 aliphatic rings. The standard InChI is InChI=1S/C15H16ClF3O/c1-9(2)12-13(3,14(12,4)16)10-5-7-11(8-6-10)20-15(17,18)19/h5-8,12H,1H2,2-4H3. The molecule has 1 aromatic carbocycles. The van der Waals surface area contributed by atoms with Crippen molar-refractivity contribution in [3.05, 3.63) is 42.0 Å². The van der Waals surface area contributed by atoms with Gasteiger partial charge in [0, 0.05) is 11.3 Å². The van der Waals surface area contributed by atoms with Crippen LogP contribution >= 0.6 is 11.6 Å². The van der Waals surface area contributed by atoms with Crippen molar-refractivity contribution in [2.45, 2.75) is 37.4 Å². The number of alkyl halides is 4. The second kappa shape index (κ2) is 4.42. The molecule has 1 aliphatic carbocycles. The molecule has 0 aliphatic heterocycles. The minimum Gasteiger partial charge on any atom is -0.406 e. The highest BCUT2D eigenvalue weighted by Crippen LogP contribution is 2.69. The molecule has 3 unspecified atom stereocenters. The monoisotopic (exact) mass is 304 g/mol. The van der Waals surface area contributed by atoms with Gasteiger partial charge in [0.1, 0.15) is 5.75 Å². The van der Waals surface area contributed by atoms with Crippen LogP contribution in [0.2, 0.25) is 0 Å². The van der Waals surface area contributed by atoms with Crippen LogP contribution in [0.15, 0.2) is 36.4 Å². The molecule has 0 amide bonds. The molecule has 0 N–H and O–H groups in total. The van der Waals surface area contributed by atoms with Crippen LogP contribution < -0.4 is 4.74 Å². The molecule has 1 saturated carbocycles.